The van der Waals surface area contributed by atoms with Crippen molar-refractivity contribution in [3.05, 3.63) is 39.5 Å². The Morgan fingerprint density at radius 3 is 2.83 bits per heavy atom. The summed E-state index contributed by atoms with van der Waals surface area (Å²) in [5.74, 6) is 1.11. The molecule has 0 unspecified atom stereocenters. The maximum Gasteiger partial charge on any atom is 0.259 e. The zero-order valence-corrected chi connectivity index (χ0v) is 11.4. The van der Waals surface area contributed by atoms with Crippen molar-refractivity contribution in [1.82, 2.24) is 10.1 Å². The zero-order chi connectivity index (χ0) is 12.5. The van der Waals surface area contributed by atoms with Crippen molar-refractivity contribution in [2.45, 2.75) is 0 Å². The molecular weight excluding hydrogens is 316 g/mol. The summed E-state index contributed by atoms with van der Waals surface area (Å²) in [4.78, 5) is 4.30. The van der Waals surface area contributed by atoms with Gasteiger partial charge in [0.25, 0.3) is 5.89 Å². The van der Waals surface area contributed by atoms with Crippen LogP contribution >= 0.6 is 27.3 Å². The minimum Gasteiger partial charge on any atom is -0.508 e. The van der Waals surface area contributed by atoms with Crippen LogP contribution in [0.25, 0.3) is 22.8 Å². The third-order valence-electron chi connectivity index (χ3n) is 2.34. The maximum atomic E-state index is 9.41. The summed E-state index contributed by atoms with van der Waals surface area (Å²) < 4.78 is 6.21. The Labute approximate surface area is 115 Å². The highest BCUT2D eigenvalue weighted by Crippen LogP contribution is 2.29. The average Bonchev–Trinajstić information content (AvgIpc) is 2.97. The SMILES string of the molecule is Oc1cccc(-c2noc(-c3csc(Br)c3)n2)c1. The molecule has 0 amide bonds. The van der Waals surface area contributed by atoms with Crippen LogP contribution in [-0.4, -0.2) is 15.2 Å². The second-order valence-corrected chi connectivity index (χ2v) is 5.90. The minimum atomic E-state index is 0.178. The summed E-state index contributed by atoms with van der Waals surface area (Å²) >= 11 is 4.94. The highest BCUT2D eigenvalue weighted by molar-refractivity contribution is 9.11. The number of rotatable bonds is 2. The first-order valence-corrected chi connectivity index (χ1v) is 6.77. The van der Waals surface area contributed by atoms with Crippen LogP contribution in [0.2, 0.25) is 0 Å². The van der Waals surface area contributed by atoms with Gasteiger partial charge in [0.1, 0.15) is 5.75 Å². The van der Waals surface area contributed by atoms with Crippen molar-refractivity contribution < 1.29 is 9.63 Å². The lowest BCUT2D eigenvalue weighted by atomic mass is 10.2. The average molecular weight is 323 g/mol. The lowest BCUT2D eigenvalue weighted by molar-refractivity contribution is 0.432. The van der Waals surface area contributed by atoms with E-state index in [0.717, 1.165) is 14.9 Å². The third kappa shape index (κ3) is 2.16. The summed E-state index contributed by atoms with van der Waals surface area (Å²) in [6.45, 7) is 0. The van der Waals surface area contributed by atoms with Gasteiger partial charge in [-0.15, -0.1) is 11.3 Å². The first-order chi connectivity index (χ1) is 8.72. The fourth-order valence-electron chi connectivity index (χ4n) is 1.53. The van der Waals surface area contributed by atoms with Gasteiger partial charge in [-0.2, -0.15) is 4.98 Å². The number of nitrogens with zero attached hydrogens (tertiary/aromatic N) is 2. The number of phenols is 1. The predicted molar refractivity (Wildman–Crippen MR) is 72.4 cm³/mol. The number of hydrogen-bond acceptors (Lipinski definition) is 5. The highest BCUT2D eigenvalue weighted by Gasteiger charge is 2.12. The Hall–Kier alpha value is -1.66. The second-order valence-electron chi connectivity index (χ2n) is 3.61. The fourth-order valence-corrected chi connectivity index (χ4v) is 2.66. The molecule has 0 aliphatic heterocycles. The quantitative estimate of drug-likeness (QED) is 0.776. The molecule has 0 saturated carbocycles. The molecule has 3 rings (SSSR count). The lowest BCUT2D eigenvalue weighted by Crippen LogP contribution is -1.80. The lowest BCUT2D eigenvalue weighted by Gasteiger charge is -1.94. The van der Waals surface area contributed by atoms with Crippen LogP contribution in [0.1, 0.15) is 0 Å². The van der Waals surface area contributed by atoms with E-state index in [2.05, 4.69) is 26.1 Å². The Morgan fingerprint density at radius 2 is 2.11 bits per heavy atom. The molecule has 1 aromatic carbocycles. The Morgan fingerprint density at radius 1 is 1.22 bits per heavy atom. The van der Waals surface area contributed by atoms with E-state index < -0.39 is 0 Å². The number of aromatic hydroxyl groups is 1. The summed E-state index contributed by atoms with van der Waals surface area (Å²) in [6, 6.07) is 8.67. The second kappa shape index (κ2) is 4.55. The number of halogens is 1. The van der Waals surface area contributed by atoms with E-state index in [1.807, 2.05) is 17.5 Å². The summed E-state index contributed by atoms with van der Waals surface area (Å²) in [5, 5.41) is 15.3. The number of hydrogen-bond donors (Lipinski definition) is 1. The van der Waals surface area contributed by atoms with Crippen LogP contribution in [0.4, 0.5) is 0 Å². The van der Waals surface area contributed by atoms with E-state index in [-0.39, 0.29) is 5.75 Å². The normalized spacial score (nSPS) is 10.7. The molecule has 0 radical (unpaired) electrons. The summed E-state index contributed by atoms with van der Waals surface area (Å²) in [7, 11) is 0. The van der Waals surface area contributed by atoms with Crippen LogP contribution in [0.5, 0.6) is 5.75 Å². The van der Waals surface area contributed by atoms with E-state index in [0.29, 0.717) is 11.7 Å². The Balaban J connectivity index is 1.99. The van der Waals surface area contributed by atoms with E-state index >= 15 is 0 Å². The van der Waals surface area contributed by atoms with E-state index in [1.165, 1.54) is 0 Å². The fraction of sp³-hybridized carbons (Fsp3) is 0. The van der Waals surface area contributed by atoms with Crippen molar-refractivity contribution in [2.75, 3.05) is 0 Å². The first-order valence-electron chi connectivity index (χ1n) is 5.10. The van der Waals surface area contributed by atoms with Crippen LogP contribution in [0.15, 0.2) is 44.0 Å². The molecule has 18 heavy (non-hydrogen) atoms. The maximum absolute atomic E-state index is 9.41. The van der Waals surface area contributed by atoms with Crippen LogP contribution in [0, 0.1) is 0 Å². The van der Waals surface area contributed by atoms with Gasteiger partial charge in [-0.05, 0) is 34.1 Å². The van der Waals surface area contributed by atoms with Crippen molar-refractivity contribution in [3.63, 3.8) is 0 Å². The molecule has 1 N–H and O–H groups in total. The van der Waals surface area contributed by atoms with Crippen LogP contribution in [0.3, 0.4) is 0 Å². The van der Waals surface area contributed by atoms with Crippen molar-refractivity contribution in [1.29, 1.82) is 0 Å². The molecule has 6 heteroatoms. The molecule has 4 nitrogen and oxygen atoms in total. The number of thiophene rings is 1. The zero-order valence-electron chi connectivity index (χ0n) is 9.00. The Bertz CT molecular complexity index is 693. The molecule has 0 atom stereocenters. The molecule has 0 fully saturated rings. The summed E-state index contributed by atoms with van der Waals surface area (Å²) in [5.41, 5.74) is 1.60. The molecule has 0 aliphatic rings. The van der Waals surface area contributed by atoms with Gasteiger partial charge >= 0.3 is 0 Å². The molecule has 2 heterocycles. The molecular formula is C12H7BrN2O2S. The molecule has 0 aliphatic carbocycles. The van der Waals surface area contributed by atoms with Gasteiger partial charge in [0.05, 0.1) is 9.35 Å². The molecule has 0 bridgehead atoms. The monoisotopic (exact) mass is 322 g/mol. The van der Waals surface area contributed by atoms with Crippen molar-refractivity contribution >= 4 is 27.3 Å². The standard InChI is InChI=1S/C12H7BrN2O2S/c13-10-5-8(6-18-10)12-14-11(15-17-12)7-2-1-3-9(16)4-7/h1-6,16H. The molecule has 0 spiro atoms. The van der Waals surface area contributed by atoms with Gasteiger partial charge in [-0.25, -0.2) is 0 Å². The van der Waals surface area contributed by atoms with E-state index in [9.17, 15) is 5.11 Å². The van der Waals surface area contributed by atoms with Crippen LogP contribution < -0.4 is 0 Å². The number of aromatic nitrogens is 2. The van der Waals surface area contributed by atoms with E-state index in [4.69, 9.17) is 4.52 Å². The van der Waals surface area contributed by atoms with E-state index in [1.54, 1.807) is 29.5 Å². The highest BCUT2D eigenvalue weighted by atomic mass is 79.9. The van der Waals surface area contributed by atoms with Gasteiger partial charge in [0, 0.05) is 10.9 Å². The van der Waals surface area contributed by atoms with Gasteiger partial charge < -0.3 is 9.63 Å². The molecule has 90 valence electrons. The first kappa shape index (κ1) is 11.4. The number of phenolic OH excluding ortho intramolecular Hbond substituents is 1. The molecule has 3 aromatic rings. The van der Waals surface area contributed by atoms with Crippen molar-refractivity contribution in [3.8, 4) is 28.6 Å². The molecule has 0 saturated heterocycles. The smallest absolute Gasteiger partial charge is 0.259 e. The van der Waals surface area contributed by atoms with Gasteiger partial charge in [0.15, 0.2) is 0 Å². The largest absolute Gasteiger partial charge is 0.508 e. The van der Waals surface area contributed by atoms with Crippen molar-refractivity contribution in [2.24, 2.45) is 0 Å². The predicted octanol–water partition coefficient (Wildman–Crippen LogP) is 3.93. The van der Waals surface area contributed by atoms with Gasteiger partial charge in [-0.1, -0.05) is 17.3 Å². The van der Waals surface area contributed by atoms with Gasteiger partial charge in [0.2, 0.25) is 5.82 Å². The summed E-state index contributed by atoms with van der Waals surface area (Å²) in [6.07, 6.45) is 0. The van der Waals surface area contributed by atoms with Gasteiger partial charge in [-0.3, -0.25) is 0 Å². The third-order valence-corrected chi connectivity index (χ3v) is 3.85. The topological polar surface area (TPSA) is 59.2 Å². The Kier molecular flexibility index (Phi) is 2.89. The minimum absolute atomic E-state index is 0.178. The van der Waals surface area contributed by atoms with Crippen LogP contribution in [-0.2, 0) is 0 Å². The number of benzene rings is 1. The molecule has 2 aromatic heterocycles.